The molecule has 32 heavy (non-hydrogen) atoms. The molecule has 0 N–H and O–H groups in total. The molecule has 1 saturated carbocycles. The second-order valence-electron chi connectivity index (χ2n) is 8.29. The van der Waals surface area contributed by atoms with Crippen LogP contribution in [0.3, 0.4) is 0 Å². The summed E-state index contributed by atoms with van der Waals surface area (Å²) in [6.45, 7) is -0.222. The third-order valence-electron chi connectivity index (χ3n) is 6.28. The Hall–Kier alpha value is -2.83. The summed E-state index contributed by atoms with van der Waals surface area (Å²) in [5, 5.41) is 3.58. The molecule has 1 saturated heterocycles. The number of aromatic nitrogens is 2. The summed E-state index contributed by atoms with van der Waals surface area (Å²) in [5.74, 6) is -4.87. The second-order valence-corrected chi connectivity index (χ2v) is 10.2. The molecular formula is C19H20F3N5O4S. The lowest BCUT2D eigenvalue weighted by Gasteiger charge is -2.34. The summed E-state index contributed by atoms with van der Waals surface area (Å²) < 4.78 is 73.8. The Kier molecular flexibility index (Phi) is 4.66. The molecule has 0 bridgehead atoms. The fraction of sp³-hybridized carbons (Fsp3) is 0.526. The summed E-state index contributed by atoms with van der Waals surface area (Å²) in [6.07, 6.45) is -0.224. The van der Waals surface area contributed by atoms with Crippen LogP contribution in [0.4, 0.5) is 24.7 Å². The number of hydrogen-bond donors (Lipinski definition) is 0. The lowest BCUT2D eigenvalue weighted by molar-refractivity contribution is 0.0586. The van der Waals surface area contributed by atoms with Crippen LogP contribution in [0.15, 0.2) is 29.0 Å². The Morgan fingerprint density at radius 3 is 2.69 bits per heavy atom. The number of anilines is 2. The summed E-state index contributed by atoms with van der Waals surface area (Å²) in [6, 6.07) is 4.42. The quantitative estimate of drug-likeness (QED) is 0.678. The number of carbonyl (C=O) groups is 1. The van der Waals surface area contributed by atoms with E-state index >= 15 is 4.39 Å². The topological polar surface area (TPSA) is 99.8 Å². The van der Waals surface area contributed by atoms with E-state index in [9.17, 15) is 22.0 Å². The van der Waals surface area contributed by atoms with Gasteiger partial charge in [-0.05, 0) is 18.6 Å². The molecular weight excluding hydrogens is 451 g/mol. The highest BCUT2D eigenvalue weighted by molar-refractivity contribution is 7.94. The van der Waals surface area contributed by atoms with Gasteiger partial charge in [0.15, 0.2) is 11.5 Å². The van der Waals surface area contributed by atoms with Gasteiger partial charge in [0.2, 0.25) is 0 Å². The fourth-order valence-corrected chi connectivity index (χ4v) is 5.65. The number of pyridine rings is 1. The molecule has 2 aromatic rings. The minimum absolute atomic E-state index is 0.0831. The van der Waals surface area contributed by atoms with Crippen molar-refractivity contribution in [3.8, 4) is 0 Å². The van der Waals surface area contributed by atoms with Crippen LogP contribution < -0.4 is 8.61 Å². The first-order valence-electron chi connectivity index (χ1n) is 10.1. The lowest BCUT2D eigenvalue weighted by Crippen LogP contribution is -2.44. The first-order chi connectivity index (χ1) is 15.1. The molecule has 1 amide bonds. The molecule has 2 aromatic heterocycles. The van der Waals surface area contributed by atoms with Gasteiger partial charge in [-0.3, -0.25) is 4.79 Å². The number of nitrogens with zero attached hydrogens (tertiary/aromatic N) is 5. The maximum atomic E-state index is 15.0. The molecule has 9 nitrogen and oxygen atoms in total. The van der Waals surface area contributed by atoms with Crippen LogP contribution in [0.2, 0.25) is 0 Å². The van der Waals surface area contributed by atoms with E-state index in [0.29, 0.717) is 5.69 Å². The maximum absolute atomic E-state index is 15.0. The first kappa shape index (κ1) is 21.0. The molecule has 3 aliphatic rings. The summed E-state index contributed by atoms with van der Waals surface area (Å²) in [4.78, 5) is 18.1. The average molecular weight is 471 g/mol. The Morgan fingerprint density at radius 1 is 1.31 bits per heavy atom. The molecule has 4 heterocycles. The minimum Gasteiger partial charge on any atom is -0.364 e. The van der Waals surface area contributed by atoms with Crippen molar-refractivity contribution in [3.63, 3.8) is 0 Å². The Morgan fingerprint density at radius 2 is 2.06 bits per heavy atom. The summed E-state index contributed by atoms with van der Waals surface area (Å²) >= 11 is 0. The van der Waals surface area contributed by atoms with Crippen molar-refractivity contribution >= 4 is 27.6 Å². The summed E-state index contributed by atoms with van der Waals surface area (Å²) in [7, 11) is -2.73. The van der Waals surface area contributed by atoms with Crippen LogP contribution >= 0.6 is 0 Å². The molecule has 0 aromatic carbocycles. The smallest absolute Gasteiger partial charge is 0.327 e. The van der Waals surface area contributed by atoms with Crippen LogP contribution in [0.25, 0.3) is 0 Å². The van der Waals surface area contributed by atoms with Crippen molar-refractivity contribution in [3.05, 3.63) is 35.9 Å². The van der Waals surface area contributed by atoms with Crippen molar-refractivity contribution < 1.29 is 30.9 Å². The van der Waals surface area contributed by atoms with E-state index < -0.39 is 40.0 Å². The van der Waals surface area contributed by atoms with Crippen molar-refractivity contribution in [2.75, 3.05) is 35.3 Å². The van der Waals surface area contributed by atoms with Crippen LogP contribution in [0.1, 0.15) is 34.9 Å². The van der Waals surface area contributed by atoms with Crippen molar-refractivity contribution in [1.29, 1.82) is 0 Å². The predicted octanol–water partition coefficient (Wildman–Crippen LogP) is 2.19. The number of halogens is 3. The zero-order chi connectivity index (χ0) is 22.8. The third kappa shape index (κ3) is 3.29. The molecule has 2 fully saturated rings. The standard InChI is InChI=1S/C19H20F3N5O4S/c1-25-17-16(27(32(25,29)30)9-11-8-19(11,21)22)3-2-14(23-17)12-4-6-26(10-13(12)20)18(28)15-5-7-31-24-15/h2-3,5,7,11-13H,4,6,8-10H2,1H3. The third-order valence-corrected chi connectivity index (χ3v) is 8.04. The molecule has 172 valence electrons. The monoisotopic (exact) mass is 471 g/mol. The van der Waals surface area contributed by atoms with E-state index in [1.54, 1.807) is 0 Å². The number of rotatable bonds is 4. The zero-order valence-electron chi connectivity index (χ0n) is 17.0. The maximum Gasteiger partial charge on any atom is 0.327 e. The van der Waals surface area contributed by atoms with E-state index in [-0.39, 0.29) is 49.7 Å². The number of hydrogen-bond acceptors (Lipinski definition) is 6. The van der Waals surface area contributed by atoms with Crippen LogP contribution in [0, 0.1) is 5.92 Å². The van der Waals surface area contributed by atoms with E-state index in [4.69, 9.17) is 0 Å². The van der Waals surface area contributed by atoms with Gasteiger partial charge in [-0.1, -0.05) is 5.16 Å². The molecule has 0 radical (unpaired) electrons. The highest BCUT2D eigenvalue weighted by atomic mass is 32.2. The molecule has 3 unspecified atom stereocenters. The molecule has 0 spiro atoms. The zero-order valence-corrected chi connectivity index (χ0v) is 17.8. The Bertz CT molecular complexity index is 1160. The Labute approximate surface area is 182 Å². The largest absolute Gasteiger partial charge is 0.364 e. The normalized spacial score (nSPS) is 28.0. The number of fused-ring (bicyclic) bond motifs is 1. The highest BCUT2D eigenvalue weighted by Crippen LogP contribution is 2.51. The van der Waals surface area contributed by atoms with Gasteiger partial charge < -0.3 is 9.42 Å². The van der Waals surface area contributed by atoms with Crippen LogP contribution in [0.5, 0.6) is 0 Å². The SMILES string of the molecule is CN1c2nc(C3CCN(C(=O)c4ccon4)CC3F)ccc2N(CC2CC2(F)F)S1(=O)=O. The van der Waals surface area contributed by atoms with Crippen molar-refractivity contribution in [1.82, 2.24) is 15.0 Å². The van der Waals surface area contributed by atoms with E-state index in [0.717, 1.165) is 8.61 Å². The average Bonchev–Trinajstić information content (AvgIpc) is 3.09. The fourth-order valence-electron chi connectivity index (χ4n) is 4.24. The van der Waals surface area contributed by atoms with E-state index in [2.05, 4.69) is 14.7 Å². The van der Waals surface area contributed by atoms with Crippen molar-refractivity contribution in [2.45, 2.75) is 30.9 Å². The highest BCUT2D eigenvalue weighted by Gasteiger charge is 2.59. The van der Waals surface area contributed by atoms with Gasteiger partial charge in [0, 0.05) is 50.2 Å². The summed E-state index contributed by atoms with van der Waals surface area (Å²) in [5.41, 5.74) is 0.651. The van der Waals surface area contributed by atoms with E-state index in [1.807, 2.05) is 0 Å². The second kappa shape index (κ2) is 7.09. The number of piperidine rings is 1. The molecule has 1 aliphatic carbocycles. The molecule has 3 atom stereocenters. The molecule has 13 heteroatoms. The predicted molar refractivity (Wildman–Crippen MR) is 107 cm³/mol. The number of alkyl halides is 3. The lowest BCUT2D eigenvalue weighted by atomic mass is 9.91. The van der Waals surface area contributed by atoms with Gasteiger partial charge in [0.1, 0.15) is 12.4 Å². The molecule has 2 aliphatic heterocycles. The van der Waals surface area contributed by atoms with Gasteiger partial charge in [-0.2, -0.15) is 8.42 Å². The van der Waals surface area contributed by atoms with Gasteiger partial charge in [0.05, 0.1) is 12.2 Å². The number of likely N-dealkylation sites (tertiary alicyclic amines) is 1. The number of carbonyl (C=O) groups excluding carboxylic acids is 1. The van der Waals surface area contributed by atoms with Gasteiger partial charge in [-0.15, -0.1) is 0 Å². The van der Waals surface area contributed by atoms with Crippen LogP contribution in [-0.2, 0) is 10.2 Å². The van der Waals surface area contributed by atoms with Crippen LogP contribution in [-0.4, -0.2) is 68.1 Å². The van der Waals surface area contributed by atoms with E-state index in [1.165, 1.54) is 36.4 Å². The number of amides is 1. The van der Waals surface area contributed by atoms with Crippen molar-refractivity contribution in [2.24, 2.45) is 5.92 Å². The Balaban J connectivity index is 1.35. The minimum atomic E-state index is -4.03. The van der Waals surface area contributed by atoms with Gasteiger partial charge >= 0.3 is 10.2 Å². The van der Waals surface area contributed by atoms with Gasteiger partial charge in [0.25, 0.3) is 11.8 Å². The first-order valence-corrected chi connectivity index (χ1v) is 11.5. The van der Waals surface area contributed by atoms with Gasteiger partial charge in [-0.25, -0.2) is 26.8 Å². The molecule has 5 rings (SSSR count).